The number of thiophene rings is 2. The van der Waals surface area contributed by atoms with Crippen LogP contribution in [0.3, 0.4) is 0 Å². The molecule has 0 aliphatic heterocycles. The summed E-state index contributed by atoms with van der Waals surface area (Å²) in [6.45, 7) is 0. The molecule has 0 fully saturated rings. The lowest BCUT2D eigenvalue weighted by Crippen LogP contribution is -1.91. The van der Waals surface area contributed by atoms with E-state index in [1.165, 1.54) is 94.9 Å². The maximum atomic E-state index is 2.49. The lowest BCUT2D eigenvalue weighted by molar-refractivity contribution is 1.67. The molecule has 0 atom stereocenters. The van der Waals surface area contributed by atoms with Gasteiger partial charge in [-0.2, -0.15) is 0 Å². The van der Waals surface area contributed by atoms with Crippen molar-refractivity contribution in [3.8, 4) is 22.3 Å². The second-order valence-electron chi connectivity index (χ2n) is 11.6. The van der Waals surface area contributed by atoms with Gasteiger partial charge in [-0.15, -0.1) is 22.7 Å². The Bertz CT molecular complexity index is 2700. The maximum Gasteiger partial charge on any atom is 0.0449 e. The summed E-state index contributed by atoms with van der Waals surface area (Å²) >= 11 is 3.88. The molecular formula is C42H24S2. The molecule has 0 amide bonds. The van der Waals surface area contributed by atoms with Crippen LogP contribution in [0.15, 0.2) is 146 Å². The molecule has 204 valence electrons. The Labute approximate surface area is 262 Å². The Morgan fingerprint density at radius 2 is 0.864 bits per heavy atom. The molecule has 0 bridgehead atoms. The minimum atomic E-state index is 1.25. The molecule has 44 heavy (non-hydrogen) atoms. The Kier molecular flexibility index (Phi) is 5.13. The summed E-state index contributed by atoms with van der Waals surface area (Å²) in [6.07, 6.45) is 0. The van der Waals surface area contributed by atoms with Crippen molar-refractivity contribution in [3.05, 3.63) is 146 Å². The van der Waals surface area contributed by atoms with Crippen molar-refractivity contribution in [2.24, 2.45) is 0 Å². The lowest BCUT2D eigenvalue weighted by Gasteiger charge is -2.18. The zero-order valence-corrected chi connectivity index (χ0v) is 25.3. The van der Waals surface area contributed by atoms with E-state index in [9.17, 15) is 0 Å². The van der Waals surface area contributed by atoms with Gasteiger partial charge in [-0.1, -0.05) is 127 Å². The van der Waals surface area contributed by atoms with Crippen LogP contribution in [0.5, 0.6) is 0 Å². The third-order valence-electron chi connectivity index (χ3n) is 9.24. The third kappa shape index (κ3) is 3.33. The monoisotopic (exact) mass is 592 g/mol. The second-order valence-corrected chi connectivity index (χ2v) is 13.7. The van der Waals surface area contributed by atoms with Crippen molar-refractivity contribution in [1.82, 2.24) is 0 Å². The quantitative estimate of drug-likeness (QED) is 0.175. The summed E-state index contributed by atoms with van der Waals surface area (Å²) in [5.41, 5.74) is 5.28. The van der Waals surface area contributed by atoms with Crippen molar-refractivity contribution in [2.45, 2.75) is 0 Å². The zero-order valence-electron chi connectivity index (χ0n) is 23.7. The minimum Gasteiger partial charge on any atom is -0.134 e. The van der Waals surface area contributed by atoms with E-state index < -0.39 is 0 Å². The van der Waals surface area contributed by atoms with Gasteiger partial charge in [0.15, 0.2) is 0 Å². The van der Waals surface area contributed by atoms with E-state index in [4.69, 9.17) is 0 Å². The molecule has 0 spiro atoms. The van der Waals surface area contributed by atoms with Gasteiger partial charge in [0.1, 0.15) is 0 Å². The lowest BCUT2D eigenvalue weighted by atomic mass is 9.85. The second kappa shape index (κ2) is 9.24. The molecule has 0 saturated heterocycles. The number of hydrogen-bond acceptors (Lipinski definition) is 2. The summed E-state index contributed by atoms with van der Waals surface area (Å²) in [4.78, 5) is 0. The molecule has 2 heterocycles. The van der Waals surface area contributed by atoms with Crippen molar-refractivity contribution in [1.29, 1.82) is 0 Å². The average Bonchev–Trinajstić information content (AvgIpc) is 3.65. The molecule has 8 aromatic carbocycles. The highest BCUT2D eigenvalue weighted by atomic mass is 32.1. The molecule has 0 aliphatic rings. The first-order chi connectivity index (χ1) is 21.8. The van der Waals surface area contributed by atoms with E-state index in [0.29, 0.717) is 0 Å². The smallest absolute Gasteiger partial charge is 0.0449 e. The van der Waals surface area contributed by atoms with Gasteiger partial charge in [0.05, 0.1) is 0 Å². The highest BCUT2D eigenvalue weighted by Gasteiger charge is 2.24. The number of fused-ring (bicyclic) bond motifs is 10. The predicted molar refractivity (Wildman–Crippen MR) is 196 cm³/mol. The summed E-state index contributed by atoms with van der Waals surface area (Å²) in [5, 5.41) is 13.2. The minimum absolute atomic E-state index is 1.25. The number of rotatable bonds is 2. The summed E-state index contributed by atoms with van der Waals surface area (Å²) in [6, 6.07) is 53.8. The Hall–Kier alpha value is -5.02. The summed E-state index contributed by atoms with van der Waals surface area (Å²) < 4.78 is 5.43. The molecule has 0 N–H and O–H groups in total. The fourth-order valence-electron chi connectivity index (χ4n) is 7.40. The largest absolute Gasteiger partial charge is 0.134 e. The van der Waals surface area contributed by atoms with Crippen LogP contribution in [-0.4, -0.2) is 0 Å². The van der Waals surface area contributed by atoms with E-state index in [1.807, 2.05) is 22.7 Å². The van der Waals surface area contributed by atoms with Crippen LogP contribution in [0.2, 0.25) is 0 Å². The molecule has 2 heteroatoms. The molecule has 0 saturated carbocycles. The highest BCUT2D eigenvalue weighted by molar-refractivity contribution is 7.29. The van der Waals surface area contributed by atoms with Crippen molar-refractivity contribution < 1.29 is 0 Å². The van der Waals surface area contributed by atoms with Crippen LogP contribution in [-0.2, 0) is 0 Å². The maximum absolute atomic E-state index is 2.49. The van der Waals surface area contributed by atoms with E-state index in [-0.39, 0.29) is 0 Å². The SMILES string of the molecule is c1ccc(-c2c3ccccc3c(-c3c4sc5ccccc5c4cc4c3sc3ccc5ccccc5c34)c3ccccc23)cc1. The van der Waals surface area contributed by atoms with Gasteiger partial charge in [0.25, 0.3) is 0 Å². The standard InChI is InChI=1S/C42H24S2/c1-2-13-26(14-3-1)37-29-17-6-8-19-31(29)39(32-20-9-7-18-30(32)37)40-41-33(28-16-10-11-21-35(28)43-41)24-34-38-27-15-5-4-12-25(27)22-23-36(38)44-42(34)40/h1-24H. The van der Waals surface area contributed by atoms with Crippen molar-refractivity contribution >= 4 is 95.3 Å². The van der Waals surface area contributed by atoms with E-state index in [1.54, 1.807) is 0 Å². The first kappa shape index (κ1) is 24.4. The van der Waals surface area contributed by atoms with Gasteiger partial charge in [0.2, 0.25) is 0 Å². The Morgan fingerprint density at radius 1 is 0.318 bits per heavy atom. The van der Waals surface area contributed by atoms with E-state index in [2.05, 4.69) is 146 Å². The van der Waals surface area contributed by atoms with Gasteiger partial charge in [0, 0.05) is 51.5 Å². The van der Waals surface area contributed by atoms with Gasteiger partial charge < -0.3 is 0 Å². The molecule has 10 rings (SSSR count). The summed E-state index contributed by atoms with van der Waals surface area (Å²) in [7, 11) is 0. The molecule has 0 nitrogen and oxygen atoms in total. The third-order valence-corrected chi connectivity index (χ3v) is 11.6. The van der Waals surface area contributed by atoms with Gasteiger partial charge >= 0.3 is 0 Å². The van der Waals surface area contributed by atoms with Crippen LogP contribution in [0, 0.1) is 0 Å². The Morgan fingerprint density at radius 3 is 1.59 bits per heavy atom. The molecule has 0 unspecified atom stereocenters. The van der Waals surface area contributed by atoms with Crippen LogP contribution in [0.4, 0.5) is 0 Å². The first-order valence-electron chi connectivity index (χ1n) is 15.0. The zero-order chi connectivity index (χ0) is 28.8. The first-order valence-corrected chi connectivity index (χ1v) is 16.7. The fraction of sp³-hybridized carbons (Fsp3) is 0. The molecule has 2 aromatic heterocycles. The topological polar surface area (TPSA) is 0 Å². The number of hydrogen-bond donors (Lipinski definition) is 0. The van der Waals surface area contributed by atoms with Gasteiger partial charge in [-0.3, -0.25) is 0 Å². The molecular weight excluding hydrogens is 569 g/mol. The van der Waals surface area contributed by atoms with Gasteiger partial charge in [-0.25, -0.2) is 0 Å². The van der Waals surface area contributed by atoms with Gasteiger partial charge in [-0.05, 0) is 61.6 Å². The van der Waals surface area contributed by atoms with Crippen LogP contribution >= 0.6 is 22.7 Å². The molecule has 10 aromatic rings. The van der Waals surface area contributed by atoms with Crippen molar-refractivity contribution in [2.75, 3.05) is 0 Å². The Balaban J connectivity index is 1.49. The normalized spacial score (nSPS) is 12.1. The van der Waals surface area contributed by atoms with E-state index in [0.717, 1.165) is 0 Å². The predicted octanol–water partition coefficient (Wildman–Crippen LogP) is 13.2. The van der Waals surface area contributed by atoms with Crippen molar-refractivity contribution in [3.63, 3.8) is 0 Å². The number of benzene rings is 8. The van der Waals surface area contributed by atoms with E-state index >= 15 is 0 Å². The average molecular weight is 593 g/mol. The fourth-order valence-corrected chi connectivity index (χ4v) is 9.96. The van der Waals surface area contributed by atoms with Crippen LogP contribution in [0.1, 0.15) is 0 Å². The molecule has 0 aliphatic carbocycles. The van der Waals surface area contributed by atoms with Crippen LogP contribution < -0.4 is 0 Å². The molecule has 0 radical (unpaired) electrons. The highest BCUT2D eigenvalue weighted by Crippen LogP contribution is 2.53. The summed E-state index contributed by atoms with van der Waals surface area (Å²) in [5.74, 6) is 0. The van der Waals surface area contributed by atoms with Crippen LogP contribution in [0.25, 0.3) is 94.9 Å².